The van der Waals surface area contributed by atoms with Crippen LogP contribution in [-0.4, -0.2) is 16.1 Å². The molecule has 2 heterocycles. The normalized spacial score (nSPS) is 11.0. The third-order valence-electron chi connectivity index (χ3n) is 3.79. The Hall–Kier alpha value is -2.54. The van der Waals surface area contributed by atoms with Gasteiger partial charge < -0.3 is 4.42 Å². The van der Waals surface area contributed by atoms with Crippen molar-refractivity contribution < 1.29 is 9.21 Å². The van der Waals surface area contributed by atoms with Crippen LogP contribution in [0.25, 0.3) is 11.0 Å². The average Bonchev–Trinajstić information content (AvgIpc) is 2.98. The van der Waals surface area contributed by atoms with E-state index in [1.807, 2.05) is 26.8 Å². The molecule has 0 aliphatic carbocycles. The number of amides is 1. The molecule has 0 saturated heterocycles. The molecular weight excluding hydrogens is 326 g/mol. The van der Waals surface area contributed by atoms with Gasteiger partial charge in [-0.3, -0.25) is 14.9 Å². The van der Waals surface area contributed by atoms with Gasteiger partial charge in [-0.2, -0.15) is 0 Å². The van der Waals surface area contributed by atoms with Crippen molar-refractivity contribution in [3.05, 3.63) is 50.3 Å². The molecule has 0 aliphatic heterocycles. The Bertz CT molecular complexity index is 975. The molecule has 0 spiro atoms. The van der Waals surface area contributed by atoms with Crippen LogP contribution in [0.1, 0.15) is 40.0 Å². The van der Waals surface area contributed by atoms with Gasteiger partial charge in [0.05, 0.1) is 5.39 Å². The molecule has 0 fully saturated rings. The van der Waals surface area contributed by atoms with Crippen LogP contribution in [0.5, 0.6) is 0 Å². The van der Waals surface area contributed by atoms with E-state index in [-0.39, 0.29) is 11.2 Å². The minimum absolute atomic E-state index is 0.0339. The summed E-state index contributed by atoms with van der Waals surface area (Å²) in [7, 11) is 0. The molecule has 7 heteroatoms. The zero-order valence-electron chi connectivity index (χ0n) is 13.7. The molecule has 0 saturated carbocycles. The maximum Gasteiger partial charge on any atom is 0.293 e. The van der Waals surface area contributed by atoms with Crippen LogP contribution in [0.4, 0.5) is 5.13 Å². The van der Waals surface area contributed by atoms with E-state index in [1.54, 1.807) is 6.07 Å². The summed E-state index contributed by atoms with van der Waals surface area (Å²) in [5.74, 6) is -0.539. The molecule has 0 radical (unpaired) electrons. The second kappa shape index (κ2) is 6.52. The van der Waals surface area contributed by atoms with E-state index in [1.165, 1.54) is 17.4 Å². The van der Waals surface area contributed by atoms with Crippen molar-refractivity contribution in [2.45, 2.75) is 33.6 Å². The van der Waals surface area contributed by atoms with E-state index in [0.717, 1.165) is 29.0 Å². The molecule has 124 valence electrons. The maximum absolute atomic E-state index is 12.4. The zero-order valence-corrected chi connectivity index (χ0v) is 14.5. The highest BCUT2D eigenvalue weighted by Gasteiger charge is 2.16. The molecule has 1 amide bonds. The number of benzene rings is 1. The van der Waals surface area contributed by atoms with Crippen LogP contribution < -0.4 is 10.7 Å². The van der Waals surface area contributed by atoms with Gasteiger partial charge in [-0.05, 0) is 37.5 Å². The summed E-state index contributed by atoms with van der Waals surface area (Å²) in [6, 6.07) is 4.79. The summed E-state index contributed by atoms with van der Waals surface area (Å²) >= 11 is 1.32. The van der Waals surface area contributed by atoms with E-state index < -0.39 is 5.91 Å². The molecule has 0 atom stereocenters. The van der Waals surface area contributed by atoms with Crippen LogP contribution in [0.3, 0.4) is 0 Å². The van der Waals surface area contributed by atoms with Gasteiger partial charge in [-0.25, -0.2) is 0 Å². The molecule has 1 aromatic carbocycles. The Morgan fingerprint density at radius 1 is 1.29 bits per heavy atom. The van der Waals surface area contributed by atoms with Crippen LogP contribution in [0.15, 0.2) is 27.4 Å². The molecule has 0 aliphatic rings. The second-order valence-electron chi connectivity index (χ2n) is 5.56. The predicted octanol–water partition coefficient (Wildman–Crippen LogP) is 3.47. The molecule has 24 heavy (non-hydrogen) atoms. The summed E-state index contributed by atoms with van der Waals surface area (Å²) < 4.78 is 5.69. The van der Waals surface area contributed by atoms with Gasteiger partial charge >= 0.3 is 0 Å². The Balaban J connectivity index is 1.94. The van der Waals surface area contributed by atoms with Gasteiger partial charge in [0.2, 0.25) is 5.13 Å². The summed E-state index contributed by atoms with van der Waals surface area (Å²) in [6.07, 6.45) is 1.78. The van der Waals surface area contributed by atoms with Gasteiger partial charge in [0.15, 0.2) is 11.2 Å². The van der Waals surface area contributed by atoms with Gasteiger partial charge in [0, 0.05) is 12.5 Å². The topological polar surface area (TPSA) is 85.1 Å². The third kappa shape index (κ3) is 3.07. The first-order valence-electron chi connectivity index (χ1n) is 7.67. The van der Waals surface area contributed by atoms with Crippen molar-refractivity contribution in [1.29, 1.82) is 0 Å². The van der Waals surface area contributed by atoms with Crippen molar-refractivity contribution in [1.82, 2.24) is 10.2 Å². The van der Waals surface area contributed by atoms with Crippen molar-refractivity contribution in [3.8, 4) is 0 Å². The number of aromatic nitrogens is 2. The third-order valence-corrected chi connectivity index (χ3v) is 4.69. The first kappa shape index (κ1) is 16.3. The summed E-state index contributed by atoms with van der Waals surface area (Å²) in [4.78, 5) is 24.6. The number of nitrogens with zero attached hydrogens (tertiary/aromatic N) is 2. The fraction of sp³-hybridized carbons (Fsp3) is 0.294. The molecule has 0 unspecified atom stereocenters. The van der Waals surface area contributed by atoms with E-state index in [0.29, 0.717) is 16.1 Å². The highest BCUT2D eigenvalue weighted by molar-refractivity contribution is 7.15. The quantitative estimate of drug-likeness (QED) is 0.784. The number of anilines is 1. The number of hydrogen-bond donors (Lipinski definition) is 1. The highest BCUT2D eigenvalue weighted by atomic mass is 32.1. The van der Waals surface area contributed by atoms with Crippen LogP contribution >= 0.6 is 11.3 Å². The smallest absolute Gasteiger partial charge is 0.293 e. The Morgan fingerprint density at radius 3 is 2.83 bits per heavy atom. The average molecular weight is 343 g/mol. The number of rotatable bonds is 4. The Kier molecular flexibility index (Phi) is 4.44. The molecule has 2 aromatic heterocycles. The molecule has 1 N–H and O–H groups in total. The van der Waals surface area contributed by atoms with Gasteiger partial charge in [0.25, 0.3) is 5.91 Å². The van der Waals surface area contributed by atoms with Crippen molar-refractivity contribution >= 4 is 33.3 Å². The SMILES string of the molecule is CCCc1nnc(NC(=O)c2cc(=O)c3ccc(C)c(C)c3o2)s1. The molecule has 0 bridgehead atoms. The number of nitrogens with one attached hydrogen (secondary N) is 1. The lowest BCUT2D eigenvalue weighted by Gasteiger charge is -2.06. The van der Waals surface area contributed by atoms with Crippen LogP contribution in [0.2, 0.25) is 0 Å². The first-order chi connectivity index (χ1) is 11.5. The van der Waals surface area contributed by atoms with Crippen LogP contribution in [0, 0.1) is 13.8 Å². The number of carbonyl (C=O) groups excluding carboxylic acids is 1. The van der Waals surface area contributed by atoms with Crippen molar-refractivity contribution in [3.63, 3.8) is 0 Å². The largest absolute Gasteiger partial charge is 0.450 e. The highest BCUT2D eigenvalue weighted by Crippen LogP contribution is 2.21. The number of carbonyl (C=O) groups is 1. The minimum Gasteiger partial charge on any atom is -0.450 e. The molecular formula is C17H17N3O3S. The van der Waals surface area contributed by atoms with Crippen LogP contribution in [-0.2, 0) is 6.42 Å². The van der Waals surface area contributed by atoms with E-state index >= 15 is 0 Å². The lowest BCUT2D eigenvalue weighted by molar-refractivity contribution is 0.0997. The predicted molar refractivity (Wildman–Crippen MR) is 93.8 cm³/mol. The zero-order chi connectivity index (χ0) is 17.3. The van der Waals surface area contributed by atoms with Crippen molar-refractivity contribution in [2.75, 3.05) is 5.32 Å². The number of fused-ring (bicyclic) bond motifs is 1. The summed E-state index contributed by atoms with van der Waals surface area (Å²) in [6.45, 7) is 5.84. The van der Waals surface area contributed by atoms with Gasteiger partial charge in [-0.15, -0.1) is 10.2 Å². The molecule has 3 aromatic rings. The monoisotopic (exact) mass is 343 g/mol. The lowest BCUT2D eigenvalue weighted by Crippen LogP contribution is -2.15. The fourth-order valence-electron chi connectivity index (χ4n) is 2.34. The Labute approximate surface area is 142 Å². The van der Waals surface area contributed by atoms with Gasteiger partial charge in [0.1, 0.15) is 10.6 Å². The second-order valence-corrected chi connectivity index (χ2v) is 6.63. The molecule has 3 rings (SSSR count). The standard InChI is InChI=1S/C17H17N3O3S/c1-4-5-14-19-20-17(24-14)18-16(22)13-8-12(21)11-7-6-9(2)10(3)15(11)23-13/h6-8H,4-5H2,1-3H3,(H,18,20,22). The number of hydrogen-bond acceptors (Lipinski definition) is 6. The van der Waals surface area contributed by atoms with E-state index in [2.05, 4.69) is 15.5 Å². The van der Waals surface area contributed by atoms with E-state index in [9.17, 15) is 9.59 Å². The Morgan fingerprint density at radius 2 is 2.08 bits per heavy atom. The lowest BCUT2D eigenvalue weighted by atomic mass is 10.1. The van der Waals surface area contributed by atoms with Crippen molar-refractivity contribution in [2.24, 2.45) is 0 Å². The summed E-state index contributed by atoms with van der Waals surface area (Å²) in [5, 5.41) is 12.3. The van der Waals surface area contributed by atoms with Gasteiger partial charge in [-0.1, -0.05) is 24.3 Å². The fourth-order valence-corrected chi connectivity index (χ4v) is 3.18. The number of aryl methyl sites for hydroxylation is 3. The van der Waals surface area contributed by atoms with E-state index in [4.69, 9.17) is 4.42 Å². The molecule has 6 nitrogen and oxygen atoms in total. The summed E-state index contributed by atoms with van der Waals surface area (Å²) in [5.41, 5.74) is 2.04. The maximum atomic E-state index is 12.4. The first-order valence-corrected chi connectivity index (χ1v) is 8.49. The minimum atomic E-state index is -0.505.